The highest BCUT2D eigenvalue weighted by atomic mass is 19.4. The fourth-order valence-corrected chi connectivity index (χ4v) is 3.91. The van der Waals surface area contributed by atoms with E-state index in [0.29, 0.717) is 5.41 Å². The van der Waals surface area contributed by atoms with Gasteiger partial charge in [0, 0.05) is 38.6 Å². The molecule has 2 aliphatic rings. The van der Waals surface area contributed by atoms with Gasteiger partial charge in [-0.3, -0.25) is 0 Å². The van der Waals surface area contributed by atoms with E-state index in [-0.39, 0.29) is 0 Å². The van der Waals surface area contributed by atoms with Crippen LogP contribution in [0, 0.1) is 12.3 Å². The first-order chi connectivity index (χ1) is 17.6. The summed E-state index contributed by atoms with van der Waals surface area (Å²) in [5.74, 6) is -3.62. The van der Waals surface area contributed by atoms with Gasteiger partial charge >= 0.3 is 24.3 Å². The standard InChI is InChI=1S/C18H24N6.2C2HF3O2/c1-15-3-4-16(22-21-15)23-11-5-18(6-12-23)7-13-24(14-8-18)17-19-9-2-10-20-17;2*3-2(4,5)1(6)7/h2-4,9-10H,5-8,11-14H2,1H3;2*(H,6,7). The van der Waals surface area contributed by atoms with E-state index in [0.717, 1.165) is 43.6 Å². The molecule has 16 heteroatoms. The summed E-state index contributed by atoms with van der Waals surface area (Å²) in [5.41, 5.74) is 1.46. The van der Waals surface area contributed by atoms with Crippen LogP contribution >= 0.6 is 0 Å². The summed E-state index contributed by atoms with van der Waals surface area (Å²) in [6, 6.07) is 6.01. The van der Waals surface area contributed by atoms with Crippen LogP contribution in [0.2, 0.25) is 0 Å². The van der Waals surface area contributed by atoms with Gasteiger partial charge in [0.15, 0.2) is 5.82 Å². The summed E-state index contributed by atoms with van der Waals surface area (Å²) in [5, 5.41) is 22.8. The second kappa shape index (κ2) is 12.7. The molecule has 4 rings (SSSR count). The Morgan fingerprint density at radius 2 is 1.21 bits per heavy atom. The predicted octanol–water partition coefficient (Wildman–Crippen LogP) is 3.73. The monoisotopic (exact) mass is 552 g/mol. The Kier molecular flexibility index (Phi) is 10.2. The van der Waals surface area contributed by atoms with Crippen LogP contribution in [0.4, 0.5) is 38.1 Å². The van der Waals surface area contributed by atoms with E-state index in [2.05, 4.69) is 36.0 Å². The number of aryl methyl sites for hydroxylation is 1. The first kappa shape index (κ1) is 30.5. The molecule has 10 nitrogen and oxygen atoms in total. The lowest BCUT2D eigenvalue weighted by molar-refractivity contribution is -0.193. The molecular weight excluding hydrogens is 526 g/mol. The molecule has 1 spiro atoms. The van der Waals surface area contributed by atoms with Crippen molar-refractivity contribution in [3.05, 3.63) is 36.3 Å². The number of hydrogen-bond donors (Lipinski definition) is 2. The highest BCUT2D eigenvalue weighted by molar-refractivity contribution is 5.73. The Morgan fingerprint density at radius 3 is 1.58 bits per heavy atom. The zero-order valence-electron chi connectivity index (χ0n) is 20.2. The van der Waals surface area contributed by atoms with Crippen LogP contribution in [-0.4, -0.2) is 80.8 Å². The van der Waals surface area contributed by atoms with Gasteiger partial charge in [0.1, 0.15) is 0 Å². The lowest BCUT2D eigenvalue weighted by Crippen LogP contribution is -2.47. The maximum Gasteiger partial charge on any atom is 0.490 e. The maximum absolute atomic E-state index is 10.6. The number of halogens is 6. The summed E-state index contributed by atoms with van der Waals surface area (Å²) >= 11 is 0. The summed E-state index contributed by atoms with van der Waals surface area (Å²) in [4.78, 5) is 31.3. The van der Waals surface area contributed by atoms with E-state index in [1.807, 2.05) is 31.5 Å². The van der Waals surface area contributed by atoms with Crippen LogP contribution in [0.25, 0.3) is 0 Å². The minimum Gasteiger partial charge on any atom is -0.475 e. The fraction of sp³-hybridized carbons (Fsp3) is 0.545. The van der Waals surface area contributed by atoms with Gasteiger partial charge in [-0.15, -0.1) is 5.10 Å². The van der Waals surface area contributed by atoms with Crippen molar-refractivity contribution in [2.45, 2.75) is 45.0 Å². The highest BCUT2D eigenvalue weighted by Gasteiger charge is 2.39. The smallest absolute Gasteiger partial charge is 0.475 e. The van der Waals surface area contributed by atoms with E-state index < -0.39 is 24.3 Å². The van der Waals surface area contributed by atoms with Crippen molar-refractivity contribution >= 4 is 23.7 Å². The first-order valence-corrected chi connectivity index (χ1v) is 11.3. The Balaban J connectivity index is 0.000000301. The molecule has 0 aliphatic carbocycles. The first-order valence-electron chi connectivity index (χ1n) is 11.3. The number of aromatic nitrogens is 4. The second-order valence-corrected chi connectivity index (χ2v) is 8.66. The van der Waals surface area contributed by atoms with Crippen molar-refractivity contribution in [2.24, 2.45) is 5.41 Å². The molecule has 4 heterocycles. The lowest BCUT2D eigenvalue weighted by atomic mass is 9.71. The van der Waals surface area contributed by atoms with Crippen molar-refractivity contribution in [2.75, 3.05) is 36.0 Å². The van der Waals surface area contributed by atoms with Crippen LogP contribution < -0.4 is 9.80 Å². The maximum atomic E-state index is 10.6. The number of carboxylic acids is 2. The lowest BCUT2D eigenvalue weighted by Gasteiger charge is -2.47. The molecule has 210 valence electrons. The molecule has 0 unspecified atom stereocenters. The van der Waals surface area contributed by atoms with Crippen LogP contribution in [-0.2, 0) is 9.59 Å². The van der Waals surface area contributed by atoms with Gasteiger partial charge in [-0.2, -0.15) is 31.4 Å². The van der Waals surface area contributed by atoms with Gasteiger partial charge < -0.3 is 20.0 Å². The number of carbonyl (C=O) groups is 2. The van der Waals surface area contributed by atoms with E-state index in [9.17, 15) is 26.3 Å². The average molecular weight is 552 g/mol. The normalized spacial score (nSPS) is 17.0. The molecular formula is C22H26F6N6O4. The number of aliphatic carboxylic acids is 2. The van der Waals surface area contributed by atoms with Gasteiger partial charge in [0.2, 0.25) is 5.95 Å². The van der Waals surface area contributed by atoms with Gasteiger partial charge in [0.05, 0.1) is 5.69 Å². The number of carboxylic acid groups (broad SMARTS) is 2. The number of alkyl halides is 6. The minimum absolute atomic E-state index is 0.486. The largest absolute Gasteiger partial charge is 0.490 e. The average Bonchev–Trinajstić information content (AvgIpc) is 2.86. The number of hydrogen-bond acceptors (Lipinski definition) is 8. The molecule has 0 atom stereocenters. The van der Waals surface area contributed by atoms with Crippen LogP contribution in [0.5, 0.6) is 0 Å². The fourth-order valence-electron chi connectivity index (χ4n) is 3.91. The van der Waals surface area contributed by atoms with Gasteiger partial charge in [-0.1, -0.05) is 0 Å². The van der Waals surface area contributed by atoms with Crippen molar-refractivity contribution in [3.8, 4) is 0 Å². The van der Waals surface area contributed by atoms with E-state index in [1.165, 1.54) is 25.7 Å². The zero-order valence-corrected chi connectivity index (χ0v) is 20.2. The Labute approximate surface area is 213 Å². The van der Waals surface area contributed by atoms with E-state index >= 15 is 0 Å². The van der Waals surface area contributed by atoms with Gasteiger partial charge in [-0.05, 0) is 56.2 Å². The molecule has 2 aromatic heterocycles. The predicted molar refractivity (Wildman–Crippen MR) is 122 cm³/mol. The van der Waals surface area contributed by atoms with Crippen molar-refractivity contribution in [1.82, 2.24) is 20.2 Å². The summed E-state index contributed by atoms with van der Waals surface area (Å²) in [6.07, 6.45) is -1.56. The molecule has 0 saturated carbocycles. The number of anilines is 2. The van der Waals surface area contributed by atoms with Crippen LogP contribution in [0.3, 0.4) is 0 Å². The topological polar surface area (TPSA) is 133 Å². The second-order valence-electron chi connectivity index (χ2n) is 8.66. The Morgan fingerprint density at radius 1 is 0.789 bits per heavy atom. The SMILES string of the molecule is Cc1ccc(N2CCC3(CC2)CCN(c2ncccn2)CC3)nn1.O=C(O)C(F)(F)F.O=C(O)C(F)(F)F. The third-order valence-electron chi connectivity index (χ3n) is 6.08. The summed E-state index contributed by atoms with van der Waals surface area (Å²) < 4.78 is 63.5. The number of nitrogens with zero attached hydrogens (tertiary/aromatic N) is 6. The van der Waals surface area contributed by atoms with Crippen molar-refractivity contribution in [1.29, 1.82) is 0 Å². The molecule has 0 bridgehead atoms. The molecule has 0 aromatic carbocycles. The quantitative estimate of drug-likeness (QED) is 0.531. The molecule has 2 fully saturated rings. The molecule has 38 heavy (non-hydrogen) atoms. The third kappa shape index (κ3) is 9.30. The van der Waals surface area contributed by atoms with E-state index in [1.54, 1.807) is 0 Å². The zero-order chi connectivity index (χ0) is 28.6. The summed E-state index contributed by atoms with van der Waals surface area (Å²) in [6.45, 7) is 6.27. The molecule has 2 aliphatic heterocycles. The van der Waals surface area contributed by atoms with Crippen molar-refractivity contribution < 1.29 is 46.1 Å². The van der Waals surface area contributed by atoms with E-state index in [4.69, 9.17) is 19.8 Å². The molecule has 2 saturated heterocycles. The Bertz CT molecular complexity index is 1010. The number of piperidine rings is 2. The minimum atomic E-state index is -5.08. The Hall–Kier alpha value is -3.72. The van der Waals surface area contributed by atoms with Crippen molar-refractivity contribution in [3.63, 3.8) is 0 Å². The molecule has 2 aromatic rings. The molecule has 2 N–H and O–H groups in total. The molecule has 0 amide bonds. The van der Waals surface area contributed by atoms with Gasteiger partial charge in [0.25, 0.3) is 0 Å². The van der Waals surface area contributed by atoms with Crippen LogP contribution in [0.1, 0.15) is 31.4 Å². The third-order valence-corrected chi connectivity index (χ3v) is 6.08. The van der Waals surface area contributed by atoms with Crippen LogP contribution in [0.15, 0.2) is 30.6 Å². The van der Waals surface area contributed by atoms with Gasteiger partial charge in [-0.25, -0.2) is 19.6 Å². The molecule has 0 radical (unpaired) electrons. The number of rotatable bonds is 2. The summed E-state index contributed by atoms with van der Waals surface area (Å²) in [7, 11) is 0. The highest BCUT2D eigenvalue weighted by Crippen LogP contribution is 2.42.